The zero-order valence-corrected chi connectivity index (χ0v) is 12.2. The van der Waals surface area contributed by atoms with Crippen LogP contribution in [0.4, 0.5) is 0 Å². The Labute approximate surface area is 120 Å². The largest absolute Gasteiger partial charge is 0.395 e. The van der Waals surface area contributed by atoms with Gasteiger partial charge in [-0.1, -0.05) is 25.7 Å². The van der Waals surface area contributed by atoms with Gasteiger partial charge in [0.15, 0.2) is 0 Å². The number of aromatic nitrogens is 1. The molecule has 0 unspecified atom stereocenters. The van der Waals surface area contributed by atoms with E-state index in [1.807, 2.05) is 4.90 Å². The zero-order valence-electron chi connectivity index (χ0n) is 12.2. The van der Waals surface area contributed by atoms with Gasteiger partial charge in [-0.3, -0.25) is 4.79 Å². The molecule has 0 saturated carbocycles. The summed E-state index contributed by atoms with van der Waals surface area (Å²) >= 11 is 0. The number of carbonyl (C=O) groups is 1. The van der Waals surface area contributed by atoms with E-state index in [1.54, 1.807) is 18.3 Å². The Morgan fingerprint density at radius 2 is 2.05 bits per heavy atom. The molecule has 1 aromatic rings. The minimum atomic E-state index is -0.0670. The molecule has 1 amide bonds. The van der Waals surface area contributed by atoms with Crippen molar-refractivity contribution in [3.8, 4) is 11.8 Å². The molecule has 0 atom stereocenters. The number of pyridine rings is 1. The van der Waals surface area contributed by atoms with Gasteiger partial charge in [0.2, 0.25) is 0 Å². The number of rotatable bonds is 6. The van der Waals surface area contributed by atoms with Crippen molar-refractivity contribution < 1.29 is 9.90 Å². The average molecular weight is 274 g/mol. The molecule has 1 aromatic heterocycles. The smallest absolute Gasteiger partial charge is 0.273 e. The maximum Gasteiger partial charge on any atom is 0.273 e. The Bertz CT molecular complexity index is 483. The van der Waals surface area contributed by atoms with Crippen molar-refractivity contribution in [3.63, 3.8) is 0 Å². The van der Waals surface area contributed by atoms with Gasteiger partial charge in [0.25, 0.3) is 5.91 Å². The third kappa shape index (κ3) is 4.67. The highest BCUT2D eigenvalue weighted by Crippen LogP contribution is 2.09. The third-order valence-corrected chi connectivity index (χ3v) is 2.74. The molecule has 0 aliphatic carbocycles. The molecule has 0 aromatic carbocycles. The number of nitrogens with zero attached hydrogens (tertiary/aromatic N) is 2. The molecule has 0 bridgehead atoms. The monoisotopic (exact) mass is 274 g/mol. The Morgan fingerprint density at radius 1 is 1.35 bits per heavy atom. The van der Waals surface area contributed by atoms with Gasteiger partial charge in [-0.05, 0) is 25.0 Å². The van der Waals surface area contributed by atoms with E-state index < -0.39 is 0 Å². The van der Waals surface area contributed by atoms with E-state index in [9.17, 15) is 4.79 Å². The molecule has 4 heteroatoms. The van der Waals surface area contributed by atoms with Crippen LogP contribution in [0, 0.1) is 11.8 Å². The van der Waals surface area contributed by atoms with E-state index in [0.717, 1.165) is 25.9 Å². The summed E-state index contributed by atoms with van der Waals surface area (Å²) in [4.78, 5) is 18.5. The predicted octanol–water partition coefficient (Wildman–Crippen LogP) is 2.08. The number of amides is 1. The van der Waals surface area contributed by atoms with Gasteiger partial charge in [-0.15, -0.1) is 0 Å². The molecule has 0 aliphatic rings. The quantitative estimate of drug-likeness (QED) is 0.808. The van der Waals surface area contributed by atoms with Gasteiger partial charge < -0.3 is 10.0 Å². The Hall–Kier alpha value is -1.86. The minimum Gasteiger partial charge on any atom is -0.395 e. The van der Waals surface area contributed by atoms with Crippen LogP contribution in [0.2, 0.25) is 0 Å². The molecule has 1 rings (SSSR count). The van der Waals surface area contributed by atoms with Crippen LogP contribution < -0.4 is 0 Å². The van der Waals surface area contributed by atoms with Crippen molar-refractivity contribution in [2.45, 2.75) is 33.1 Å². The van der Waals surface area contributed by atoms with Crippen LogP contribution in [-0.4, -0.2) is 40.6 Å². The lowest BCUT2D eigenvalue weighted by molar-refractivity contribution is 0.0749. The fourth-order valence-electron chi connectivity index (χ4n) is 1.89. The van der Waals surface area contributed by atoms with Crippen molar-refractivity contribution in [2.75, 3.05) is 19.7 Å². The van der Waals surface area contributed by atoms with Gasteiger partial charge in [0.1, 0.15) is 5.69 Å². The molecule has 0 fully saturated rings. The van der Waals surface area contributed by atoms with Crippen LogP contribution in [0.5, 0.6) is 0 Å². The Balaban J connectivity index is 2.99. The fraction of sp³-hybridized carbons (Fsp3) is 0.500. The SMILES string of the molecule is CCCN(CCC)C(=O)c1ncccc1C#CCCO. The fourth-order valence-corrected chi connectivity index (χ4v) is 1.89. The summed E-state index contributed by atoms with van der Waals surface area (Å²) in [7, 11) is 0. The molecule has 0 aliphatic heterocycles. The second kappa shape index (κ2) is 9.11. The van der Waals surface area contributed by atoms with Crippen molar-refractivity contribution in [3.05, 3.63) is 29.6 Å². The molecule has 108 valence electrons. The Kier molecular flexibility index (Phi) is 7.38. The van der Waals surface area contributed by atoms with Gasteiger partial charge in [0, 0.05) is 25.7 Å². The number of hydrogen-bond donors (Lipinski definition) is 1. The number of carbonyl (C=O) groups excluding carboxylic acids is 1. The number of aliphatic hydroxyl groups is 1. The first-order chi connectivity index (χ1) is 9.74. The molecule has 20 heavy (non-hydrogen) atoms. The standard InChI is InChI=1S/C16H22N2O2/c1-3-11-18(12-4-2)16(20)15-14(8-5-6-13-19)9-7-10-17-15/h7,9-10,19H,3-4,6,11-13H2,1-2H3. The summed E-state index contributed by atoms with van der Waals surface area (Å²) in [6, 6.07) is 3.56. The average Bonchev–Trinajstić information content (AvgIpc) is 2.47. The molecule has 0 saturated heterocycles. The predicted molar refractivity (Wildman–Crippen MR) is 79.3 cm³/mol. The molecule has 1 heterocycles. The topological polar surface area (TPSA) is 53.4 Å². The van der Waals surface area contributed by atoms with Gasteiger partial charge in [-0.2, -0.15) is 0 Å². The summed E-state index contributed by atoms with van der Waals surface area (Å²) in [5.74, 6) is 5.69. The lowest BCUT2D eigenvalue weighted by atomic mass is 10.1. The zero-order chi connectivity index (χ0) is 14.8. The van der Waals surface area contributed by atoms with Crippen LogP contribution >= 0.6 is 0 Å². The number of hydrogen-bond acceptors (Lipinski definition) is 3. The van der Waals surface area contributed by atoms with E-state index >= 15 is 0 Å². The summed E-state index contributed by atoms with van der Waals surface area (Å²) in [6.45, 7) is 5.58. The maximum absolute atomic E-state index is 12.5. The Morgan fingerprint density at radius 3 is 2.65 bits per heavy atom. The van der Waals surface area contributed by atoms with Crippen LogP contribution in [0.25, 0.3) is 0 Å². The maximum atomic E-state index is 12.5. The van der Waals surface area contributed by atoms with Crippen LogP contribution in [0.1, 0.15) is 49.2 Å². The highest BCUT2D eigenvalue weighted by Gasteiger charge is 2.18. The van der Waals surface area contributed by atoms with E-state index in [-0.39, 0.29) is 12.5 Å². The lowest BCUT2D eigenvalue weighted by Crippen LogP contribution is -2.33. The van der Waals surface area contributed by atoms with Crippen LogP contribution in [-0.2, 0) is 0 Å². The summed E-state index contributed by atoms with van der Waals surface area (Å²) in [5, 5.41) is 8.76. The normalized spacial score (nSPS) is 9.75. The van der Waals surface area contributed by atoms with Gasteiger partial charge >= 0.3 is 0 Å². The second-order valence-electron chi connectivity index (χ2n) is 4.47. The first-order valence-corrected chi connectivity index (χ1v) is 7.08. The van der Waals surface area contributed by atoms with Crippen molar-refractivity contribution >= 4 is 5.91 Å². The van der Waals surface area contributed by atoms with E-state index in [0.29, 0.717) is 17.7 Å². The third-order valence-electron chi connectivity index (χ3n) is 2.74. The van der Waals surface area contributed by atoms with Crippen molar-refractivity contribution in [1.29, 1.82) is 0 Å². The van der Waals surface area contributed by atoms with Crippen LogP contribution in [0.3, 0.4) is 0 Å². The van der Waals surface area contributed by atoms with E-state index in [1.165, 1.54) is 0 Å². The minimum absolute atomic E-state index is 0.0222. The number of aliphatic hydroxyl groups excluding tert-OH is 1. The highest BCUT2D eigenvalue weighted by molar-refractivity contribution is 5.94. The van der Waals surface area contributed by atoms with Crippen molar-refractivity contribution in [1.82, 2.24) is 9.88 Å². The van der Waals surface area contributed by atoms with E-state index in [2.05, 4.69) is 30.7 Å². The summed E-state index contributed by atoms with van der Waals surface area (Å²) in [5.41, 5.74) is 1.03. The summed E-state index contributed by atoms with van der Waals surface area (Å²) < 4.78 is 0. The second-order valence-corrected chi connectivity index (χ2v) is 4.47. The van der Waals surface area contributed by atoms with E-state index in [4.69, 9.17) is 5.11 Å². The first-order valence-electron chi connectivity index (χ1n) is 7.08. The molecule has 0 radical (unpaired) electrons. The lowest BCUT2D eigenvalue weighted by Gasteiger charge is -2.21. The first kappa shape index (κ1) is 16.2. The molecule has 1 N–H and O–H groups in total. The van der Waals surface area contributed by atoms with Gasteiger partial charge in [0.05, 0.1) is 12.2 Å². The molecular weight excluding hydrogens is 252 g/mol. The summed E-state index contributed by atoms with van der Waals surface area (Å²) in [6.07, 6.45) is 3.85. The molecule has 4 nitrogen and oxygen atoms in total. The van der Waals surface area contributed by atoms with Crippen LogP contribution in [0.15, 0.2) is 18.3 Å². The highest BCUT2D eigenvalue weighted by atomic mass is 16.2. The molecular formula is C16H22N2O2. The van der Waals surface area contributed by atoms with Gasteiger partial charge in [-0.25, -0.2) is 4.98 Å². The molecule has 0 spiro atoms. The van der Waals surface area contributed by atoms with Crippen molar-refractivity contribution in [2.24, 2.45) is 0 Å².